The molecule has 0 aliphatic carbocycles. The van der Waals surface area contributed by atoms with Gasteiger partial charge in [-0.25, -0.2) is 19.0 Å². The first-order chi connectivity index (χ1) is 17.0. The number of amides is 3. The molecule has 1 saturated heterocycles. The Morgan fingerprint density at radius 2 is 2.11 bits per heavy atom. The number of carbonyl (C=O) groups excluding carboxylic acids is 2. The molecule has 0 saturated carbocycles. The molecule has 2 heterocycles. The minimum atomic E-state index is -0.409. The van der Waals surface area contributed by atoms with Crippen molar-refractivity contribution in [3.63, 3.8) is 0 Å². The van der Waals surface area contributed by atoms with E-state index in [-0.39, 0.29) is 25.0 Å². The fourth-order valence-corrected chi connectivity index (χ4v) is 4.37. The summed E-state index contributed by atoms with van der Waals surface area (Å²) in [7, 11) is 3.11. The number of benzene rings is 2. The summed E-state index contributed by atoms with van der Waals surface area (Å²) in [5, 5.41) is 5.08. The zero-order valence-corrected chi connectivity index (χ0v) is 20.1. The quantitative estimate of drug-likeness (QED) is 0.474. The highest BCUT2D eigenvalue weighted by atomic mass is 32.1. The lowest BCUT2D eigenvalue weighted by Crippen LogP contribution is -2.39. The van der Waals surface area contributed by atoms with Gasteiger partial charge in [0.1, 0.15) is 23.9 Å². The summed E-state index contributed by atoms with van der Waals surface area (Å²) in [6, 6.07) is 11.0. The Hall–Kier alpha value is -3.86. The third-order valence-electron chi connectivity index (χ3n) is 5.37. The van der Waals surface area contributed by atoms with E-state index in [2.05, 4.69) is 10.3 Å². The van der Waals surface area contributed by atoms with Crippen LogP contribution in [0.25, 0.3) is 0 Å². The van der Waals surface area contributed by atoms with Gasteiger partial charge in [-0.05, 0) is 29.8 Å². The maximum Gasteiger partial charge on any atom is 0.410 e. The molecule has 3 aromatic rings. The van der Waals surface area contributed by atoms with Gasteiger partial charge in [-0.2, -0.15) is 0 Å². The number of hydrogen-bond acceptors (Lipinski definition) is 7. The van der Waals surface area contributed by atoms with Crippen LogP contribution in [0.15, 0.2) is 47.8 Å². The van der Waals surface area contributed by atoms with Gasteiger partial charge in [0.2, 0.25) is 0 Å². The molecule has 0 radical (unpaired) electrons. The predicted molar refractivity (Wildman–Crippen MR) is 128 cm³/mol. The molecule has 0 atom stereocenters. The summed E-state index contributed by atoms with van der Waals surface area (Å²) < 4.78 is 29.3. The van der Waals surface area contributed by atoms with Crippen molar-refractivity contribution in [3.05, 3.63) is 70.5 Å². The fraction of sp³-hybridized carbons (Fsp3) is 0.292. The second-order valence-corrected chi connectivity index (χ2v) is 8.55. The SMILES string of the molecule is COc1ccc(CN(C(=O)NCc2cccc(F)c2)c2nc(CN3CCOC3=O)cs2)c(OC)c1. The zero-order valence-electron chi connectivity index (χ0n) is 19.3. The summed E-state index contributed by atoms with van der Waals surface area (Å²) in [5.41, 5.74) is 2.02. The van der Waals surface area contributed by atoms with Crippen molar-refractivity contribution in [2.75, 3.05) is 32.3 Å². The number of carbonyl (C=O) groups is 2. The Bertz CT molecular complexity index is 1200. The molecular weight excluding hydrogens is 475 g/mol. The van der Waals surface area contributed by atoms with Gasteiger partial charge in [0.25, 0.3) is 0 Å². The number of hydrogen-bond donors (Lipinski definition) is 1. The van der Waals surface area contributed by atoms with Crippen molar-refractivity contribution >= 4 is 28.6 Å². The van der Waals surface area contributed by atoms with Crippen LogP contribution in [-0.4, -0.2) is 49.4 Å². The van der Waals surface area contributed by atoms with Crippen molar-refractivity contribution in [1.82, 2.24) is 15.2 Å². The highest BCUT2D eigenvalue weighted by molar-refractivity contribution is 7.14. The molecule has 1 aliphatic heterocycles. The lowest BCUT2D eigenvalue weighted by Gasteiger charge is -2.22. The van der Waals surface area contributed by atoms with Crippen LogP contribution >= 0.6 is 11.3 Å². The fourth-order valence-electron chi connectivity index (χ4n) is 3.56. The molecule has 3 amide bonds. The third kappa shape index (κ3) is 5.99. The number of anilines is 1. The van der Waals surface area contributed by atoms with E-state index in [1.54, 1.807) is 48.8 Å². The second kappa shape index (κ2) is 11.0. The highest BCUT2D eigenvalue weighted by Crippen LogP contribution is 2.29. The Kier molecular flexibility index (Phi) is 7.66. The van der Waals surface area contributed by atoms with Crippen molar-refractivity contribution in [1.29, 1.82) is 0 Å². The number of nitrogens with zero attached hydrogens (tertiary/aromatic N) is 3. The molecule has 1 aliphatic rings. The number of methoxy groups -OCH3 is 2. The number of aromatic nitrogens is 1. The Morgan fingerprint density at radius 3 is 2.83 bits per heavy atom. The maximum atomic E-state index is 13.6. The molecule has 1 N–H and O–H groups in total. The van der Waals surface area contributed by atoms with E-state index in [1.165, 1.54) is 28.4 Å². The minimum Gasteiger partial charge on any atom is -0.497 e. The smallest absolute Gasteiger partial charge is 0.410 e. The van der Waals surface area contributed by atoms with E-state index in [9.17, 15) is 14.0 Å². The van der Waals surface area contributed by atoms with Crippen LogP contribution in [0.4, 0.5) is 19.1 Å². The summed E-state index contributed by atoms with van der Waals surface area (Å²) in [5.74, 6) is 0.812. The molecule has 0 unspecified atom stereocenters. The summed E-state index contributed by atoms with van der Waals surface area (Å²) in [6.07, 6.45) is -0.382. The number of halogens is 1. The van der Waals surface area contributed by atoms with Crippen LogP contribution in [0.3, 0.4) is 0 Å². The van der Waals surface area contributed by atoms with Crippen LogP contribution in [0.5, 0.6) is 11.5 Å². The van der Waals surface area contributed by atoms with Crippen molar-refractivity contribution < 1.29 is 28.2 Å². The Morgan fingerprint density at radius 1 is 1.26 bits per heavy atom. The van der Waals surface area contributed by atoms with E-state index in [1.807, 2.05) is 6.07 Å². The molecule has 2 aromatic carbocycles. The molecule has 9 nitrogen and oxygen atoms in total. The number of thiazole rings is 1. The molecule has 11 heteroatoms. The number of ether oxygens (including phenoxy) is 3. The van der Waals surface area contributed by atoms with Crippen LogP contribution in [0.2, 0.25) is 0 Å². The predicted octanol–water partition coefficient (Wildman–Crippen LogP) is 4.17. The first kappa shape index (κ1) is 24.3. The first-order valence-electron chi connectivity index (χ1n) is 10.8. The standard InChI is InChI=1S/C24H25FN4O5S/c1-32-20-7-6-17(21(11-20)33-2)13-29(22(30)26-12-16-4-3-5-18(25)10-16)23-27-19(15-35-23)14-28-8-9-34-24(28)31/h3-7,10-11,15H,8-9,12-14H2,1-2H3,(H,26,30). The number of rotatable bonds is 9. The molecule has 4 rings (SSSR count). The van der Waals surface area contributed by atoms with Gasteiger partial charge in [-0.15, -0.1) is 11.3 Å². The van der Waals surface area contributed by atoms with Crippen LogP contribution in [0.1, 0.15) is 16.8 Å². The van der Waals surface area contributed by atoms with Crippen LogP contribution < -0.4 is 19.7 Å². The molecule has 0 spiro atoms. The number of cyclic esters (lactones) is 1. The largest absolute Gasteiger partial charge is 0.497 e. The van der Waals surface area contributed by atoms with Crippen molar-refractivity contribution in [2.45, 2.75) is 19.6 Å². The van der Waals surface area contributed by atoms with Gasteiger partial charge in [0.05, 0.1) is 39.5 Å². The van der Waals surface area contributed by atoms with Crippen LogP contribution in [-0.2, 0) is 24.4 Å². The minimum absolute atomic E-state index is 0.144. The lowest BCUT2D eigenvalue weighted by atomic mass is 10.2. The zero-order chi connectivity index (χ0) is 24.8. The summed E-state index contributed by atoms with van der Waals surface area (Å²) in [6.45, 7) is 1.44. The summed E-state index contributed by atoms with van der Waals surface area (Å²) in [4.78, 5) is 32.7. The summed E-state index contributed by atoms with van der Waals surface area (Å²) >= 11 is 1.28. The Labute approximate surface area is 206 Å². The van der Waals surface area contributed by atoms with E-state index in [0.29, 0.717) is 47.6 Å². The number of nitrogens with one attached hydrogen (secondary N) is 1. The second-order valence-electron chi connectivity index (χ2n) is 7.71. The van der Waals surface area contributed by atoms with E-state index in [4.69, 9.17) is 14.2 Å². The average molecular weight is 501 g/mol. The van der Waals surface area contributed by atoms with Crippen molar-refractivity contribution in [3.8, 4) is 11.5 Å². The third-order valence-corrected chi connectivity index (χ3v) is 6.28. The first-order valence-corrected chi connectivity index (χ1v) is 11.7. The van der Waals surface area contributed by atoms with Gasteiger partial charge >= 0.3 is 12.1 Å². The normalized spacial score (nSPS) is 12.9. The van der Waals surface area contributed by atoms with Gasteiger partial charge < -0.3 is 19.5 Å². The molecule has 1 aromatic heterocycles. The Balaban J connectivity index is 1.56. The topological polar surface area (TPSA) is 93.2 Å². The van der Waals surface area contributed by atoms with Crippen molar-refractivity contribution in [2.24, 2.45) is 0 Å². The van der Waals surface area contributed by atoms with E-state index < -0.39 is 6.03 Å². The molecule has 35 heavy (non-hydrogen) atoms. The van der Waals surface area contributed by atoms with Gasteiger partial charge in [0, 0.05) is 23.6 Å². The molecule has 184 valence electrons. The van der Waals surface area contributed by atoms with Gasteiger partial charge in [-0.3, -0.25) is 9.80 Å². The average Bonchev–Trinajstić information content (AvgIpc) is 3.50. The molecule has 0 bridgehead atoms. The van der Waals surface area contributed by atoms with E-state index >= 15 is 0 Å². The highest BCUT2D eigenvalue weighted by Gasteiger charge is 2.25. The molecular formula is C24H25FN4O5S. The monoisotopic (exact) mass is 500 g/mol. The van der Waals surface area contributed by atoms with E-state index in [0.717, 1.165) is 5.56 Å². The number of urea groups is 1. The van der Waals surface area contributed by atoms with Gasteiger partial charge in [0.15, 0.2) is 5.13 Å². The maximum absolute atomic E-state index is 13.6. The lowest BCUT2D eigenvalue weighted by molar-refractivity contribution is 0.157. The van der Waals surface area contributed by atoms with Gasteiger partial charge in [-0.1, -0.05) is 12.1 Å². The van der Waals surface area contributed by atoms with Crippen LogP contribution in [0, 0.1) is 5.82 Å². The molecule has 1 fully saturated rings.